The van der Waals surface area contributed by atoms with Crippen LogP contribution in [0.15, 0.2) is 72.8 Å². The third-order valence-electron chi connectivity index (χ3n) is 14.3. The van der Waals surface area contributed by atoms with E-state index in [0.29, 0.717) is 76.1 Å². The van der Waals surface area contributed by atoms with Crippen molar-refractivity contribution in [2.24, 2.45) is 0 Å². The van der Waals surface area contributed by atoms with Crippen molar-refractivity contribution in [3.63, 3.8) is 0 Å². The van der Waals surface area contributed by atoms with Crippen LogP contribution in [-0.4, -0.2) is 103 Å². The molecular weight excluding hydrogens is 1090 g/mol. The highest BCUT2D eigenvalue weighted by molar-refractivity contribution is 8.31. The van der Waals surface area contributed by atoms with Crippen molar-refractivity contribution in [1.82, 2.24) is 19.6 Å². The SMILES string of the molecule is CN1C(=O)c2cc(Cl)c3c4c(Cl)cc5c6c(cc(Cl)c(c7c(Cl)cc(c2c37)C1=O)c64)C(=O)N(C)C5=O.CN1C(=O)c2ccc3c4ccc5c6c(ccc(c7ccc(c2c37)C1=O)c64)C(=O)N(C)C5=O.O=S(=O)(Cl)Cl. The van der Waals surface area contributed by atoms with Crippen molar-refractivity contribution < 1.29 is 46.8 Å². The number of carbonyl (C=O) groups excluding carboxylic acids is 8. The van der Waals surface area contributed by atoms with Crippen LogP contribution in [0, 0.1) is 0 Å². The first kappa shape index (κ1) is 47.1. The number of fused-ring (bicyclic) bond motifs is 4. The first-order valence-corrected chi connectivity index (χ1v) is 26.2. The van der Waals surface area contributed by atoms with Crippen LogP contribution in [0.1, 0.15) is 82.9 Å². The number of hydrogen-bond donors (Lipinski definition) is 0. The topological polar surface area (TPSA) is 184 Å². The highest BCUT2D eigenvalue weighted by atomic mass is 36.0. The Labute approximate surface area is 438 Å². The summed E-state index contributed by atoms with van der Waals surface area (Å²) in [4.78, 5) is 108. The quantitative estimate of drug-likeness (QED) is 0.0613. The second kappa shape index (κ2) is 15.5. The molecule has 73 heavy (non-hydrogen) atoms. The maximum Gasteiger partial charge on any atom is 0.317 e. The van der Waals surface area contributed by atoms with Gasteiger partial charge in [-0.3, -0.25) is 58.0 Å². The van der Waals surface area contributed by atoms with E-state index in [4.69, 9.17) is 54.8 Å². The van der Waals surface area contributed by atoms with E-state index >= 15 is 0 Å². The van der Waals surface area contributed by atoms with Gasteiger partial charge < -0.3 is 0 Å². The summed E-state index contributed by atoms with van der Waals surface area (Å²) >= 11 is 27.2. The molecule has 4 aliphatic rings. The molecule has 0 aromatic heterocycles. The van der Waals surface area contributed by atoms with Crippen molar-refractivity contribution in [1.29, 1.82) is 0 Å². The third-order valence-corrected chi connectivity index (χ3v) is 15.5. The molecule has 0 bridgehead atoms. The summed E-state index contributed by atoms with van der Waals surface area (Å²) < 4.78 is 18.3. The second-order valence-electron chi connectivity index (χ2n) is 17.8. The van der Waals surface area contributed by atoms with Crippen LogP contribution in [-0.2, 0) is 8.26 Å². The smallest absolute Gasteiger partial charge is 0.277 e. The van der Waals surface area contributed by atoms with Crippen molar-refractivity contribution in [3.05, 3.63) is 137 Å². The van der Waals surface area contributed by atoms with Crippen LogP contribution in [0.4, 0.5) is 0 Å². The van der Waals surface area contributed by atoms with Gasteiger partial charge in [0, 0.05) is 146 Å². The van der Waals surface area contributed by atoms with E-state index in [1.54, 1.807) is 24.3 Å². The molecule has 10 aromatic carbocycles. The molecule has 8 amide bonds. The number of amides is 8. The van der Waals surface area contributed by atoms with Gasteiger partial charge in [-0.05, 0) is 80.8 Å². The number of rotatable bonds is 0. The fourth-order valence-electron chi connectivity index (χ4n) is 11.2. The molecule has 4 heterocycles. The number of halogens is 6. The predicted molar refractivity (Wildman–Crippen MR) is 282 cm³/mol. The van der Waals surface area contributed by atoms with Gasteiger partial charge in [-0.1, -0.05) is 70.7 Å². The lowest BCUT2D eigenvalue weighted by atomic mass is 9.82. The van der Waals surface area contributed by atoms with Gasteiger partial charge in [0.15, 0.2) is 0 Å². The van der Waals surface area contributed by atoms with E-state index in [1.165, 1.54) is 52.5 Å². The Kier molecular flexibility index (Phi) is 10.0. The van der Waals surface area contributed by atoms with Crippen LogP contribution in [0.2, 0.25) is 20.1 Å². The molecule has 0 atom stereocenters. The van der Waals surface area contributed by atoms with Gasteiger partial charge in [0.1, 0.15) is 0 Å². The molecule has 0 spiro atoms. The van der Waals surface area contributed by atoms with E-state index < -0.39 is 31.9 Å². The Hall–Kier alpha value is -6.95. The van der Waals surface area contributed by atoms with Gasteiger partial charge in [-0.25, -0.2) is 0 Å². The maximum absolute atomic E-state index is 13.1. The minimum atomic E-state index is -3.72. The van der Waals surface area contributed by atoms with Crippen molar-refractivity contribution in [2.45, 2.75) is 0 Å². The highest BCUT2D eigenvalue weighted by Gasteiger charge is 2.39. The molecule has 0 aliphatic carbocycles. The number of hydrogen-bond acceptors (Lipinski definition) is 10. The molecule has 360 valence electrons. The van der Waals surface area contributed by atoms with Crippen molar-refractivity contribution in [3.8, 4) is 0 Å². The minimum absolute atomic E-state index is 0.207. The standard InChI is InChI=1S/C26H10Cl4N2O4.C26H14N2O4.Cl2O2S/c1-31-23(33)7-3-11(27)17-19-13(29)5-9-16-10(26(36)32(2)25(9)35)6-14(30)20(22(16)19)18-12(28)4-8(24(31)34)15(7)21(17)18;1-27-23(29)15-7-3-11-13-5-9-17-22-18(26(32)28(2)25(17)31)10-6-14(20(13)22)12-4-8-16(24(27)30)21(15)19(11)12;1-5(2,3)4/h3-6H,1-2H3;3-10H,1-2H3;. The van der Waals surface area contributed by atoms with Gasteiger partial charge in [-0.15, -0.1) is 0 Å². The van der Waals surface area contributed by atoms with E-state index in [0.717, 1.165) is 51.9 Å². The summed E-state index contributed by atoms with van der Waals surface area (Å²) in [7, 11) is 10.6. The summed E-state index contributed by atoms with van der Waals surface area (Å²) in [6.45, 7) is 0. The van der Waals surface area contributed by atoms with Gasteiger partial charge >= 0.3 is 8.26 Å². The fourth-order valence-corrected chi connectivity index (χ4v) is 12.4. The monoisotopic (exact) mass is 1110 g/mol. The maximum atomic E-state index is 13.1. The van der Waals surface area contributed by atoms with E-state index in [-0.39, 0.29) is 66.0 Å². The van der Waals surface area contributed by atoms with E-state index in [1.807, 2.05) is 24.3 Å². The largest absolute Gasteiger partial charge is 0.317 e. The second-order valence-corrected chi connectivity index (χ2v) is 23.1. The summed E-state index contributed by atoms with van der Waals surface area (Å²) in [5.74, 6) is -3.27. The number of benzene rings is 10. The van der Waals surface area contributed by atoms with Crippen LogP contribution in [0.25, 0.3) is 86.2 Å². The third kappa shape index (κ3) is 6.15. The van der Waals surface area contributed by atoms with Crippen LogP contribution < -0.4 is 0 Å². The van der Waals surface area contributed by atoms with Gasteiger partial charge in [0.25, 0.3) is 47.3 Å². The molecule has 0 N–H and O–H groups in total. The number of carbonyl (C=O) groups is 8. The highest BCUT2D eigenvalue weighted by Crippen LogP contribution is 2.54. The van der Waals surface area contributed by atoms with Gasteiger partial charge in [0.2, 0.25) is 0 Å². The molecular formula is C52H24Cl6N4O10S. The van der Waals surface area contributed by atoms with Crippen molar-refractivity contribution in [2.75, 3.05) is 28.2 Å². The fraction of sp³-hybridized carbons (Fsp3) is 0.0769. The van der Waals surface area contributed by atoms with Gasteiger partial charge in [-0.2, -0.15) is 8.42 Å². The minimum Gasteiger partial charge on any atom is -0.277 e. The summed E-state index contributed by atoms with van der Waals surface area (Å²) in [6, 6.07) is 20.7. The Bertz CT molecular complexity index is 4080. The first-order chi connectivity index (χ1) is 34.4. The number of nitrogens with zero attached hydrogens (tertiary/aromatic N) is 4. The summed E-state index contributed by atoms with van der Waals surface area (Å²) in [5.41, 5.74) is 3.02. The lowest BCUT2D eigenvalue weighted by molar-refractivity contribution is 0.0635. The first-order valence-electron chi connectivity index (χ1n) is 21.6. The molecule has 21 heteroatoms. The molecule has 0 radical (unpaired) electrons. The van der Waals surface area contributed by atoms with E-state index in [2.05, 4.69) is 21.4 Å². The molecule has 0 fully saturated rings. The Balaban J connectivity index is 0.000000137. The lowest BCUT2D eigenvalue weighted by Gasteiger charge is -2.29. The number of imide groups is 4. The molecule has 4 aliphatic heterocycles. The summed E-state index contributed by atoms with van der Waals surface area (Å²) in [6.07, 6.45) is 0. The molecule has 14 rings (SSSR count). The predicted octanol–water partition coefficient (Wildman–Crippen LogP) is 11.7. The average Bonchev–Trinajstić information content (AvgIpc) is 3.35. The van der Waals surface area contributed by atoms with Crippen LogP contribution in [0.3, 0.4) is 0 Å². The molecule has 0 saturated carbocycles. The Morgan fingerprint density at radius 2 is 0.466 bits per heavy atom. The van der Waals surface area contributed by atoms with Crippen molar-refractivity contribution >= 4 is 209 Å². The summed E-state index contributed by atoms with van der Waals surface area (Å²) in [5, 5.41) is 11.0. The van der Waals surface area contributed by atoms with E-state index in [9.17, 15) is 38.4 Å². The zero-order valence-electron chi connectivity index (χ0n) is 37.5. The van der Waals surface area contributed by atoms with Crippen LogP contribution in [0.5, 0.6) is 0 Å². The Morgan fingerprint density at radius 1 is 0.288 bits per heavy atom. The Morgan fingerprint density at radius 3 is 0.671 bits per heavy atom. The van der Waals surface area contributed by atoms with Gasteiger partial charge in [0.05, 0.1) is 22.3 Å². The molecule has 0 saturated heterocycles. The molecule has 14 nitrogen and oxygen atoms in total. The molecule has 10 aromatic rings. The lowest BCUT2D eigenvalue weighted by Crippen LogP contribution is -2.37. The average molecular weight is 1110 g/mol. The zero-order chi connectivity index (χ0) is 52.1. The van der Waals surface area contributed by atoms with Crippen LogP contribution >= 0.6 is 67.8 Å². The molecule has 0 unspecified atom stereocenters. The normalized spacial score (nSPS) is 15.5. The zero-order valence-corrected chi connectivity index (χ0v) is 42.8.